The van der Waals surface area contributed by atoms with Gasteiger partial charge in [-0.25, -0.2) is 26.5 Å². The lowest BCUT2D eigenvalue weighted by molar-refractivity contribution is 0.590. The van der Waals surface area contributed by atoms with Gasteiger partial charge >= 0.3 is 0 Å². The number of aryl methyl sites for hydroxylation is 1. The molecule has 0 amide bonds. The Labute approximate surface area is 236 Å². The SMILES string of the molecule is CN=C(NCCSCc1csc(N=C(N)N)n1)NS(=O)(=O)c1cccc(S(=O)(=O)N(C)c2ccc(C)cc2)c1. The third-order valence-corrected chi connectivity index (χ3v) is 10.1. The number of nitrogens with zero attached hydrogens (tertiary/aromatic N) is 4. The highest BCUT2D eigenvalue weighted by Gasteiger charge is 2.24. The molecular formula is C23H30N8O4S4. The van der Waals surface area contributed by atoms with Gasteiger partial charge in [0.1, 0.15) is 0 Å². The van der Waals surface area contributed by atoms with Crippen LogP contribution in [0, 0.1) is 6.92 Å². The molecule has 0 unspecified atom stereocenters. The van der Waals surface area contributed by atoms with Crippen molar-refractivity contribution in [3.63, 3.8) is 0 Å². The number of rotatable bonds is 11. The summed E-state index contributed by atoms with van der Waals surface area (Å²) in [5.41, 5.74) is 13.0. The van der Waals surface area contributed by atoms with E-state index in [9.17, 15) is 16.8 Å². The van der Waals surface area contributed by atoms with Gasteiger partial charge in [-0.05, 0) is 37.3 Å². The van der Waals surface area contributed by atoms with Gasteiger partial charge in [-0.15, -0.1) is 11.3 Å². The fraction of sp³-hybridized carbons (Fsp3) is 0.261. The van der Waals surface area contributed by atoms with Crippen molar-refractivity contribution in [1.29, 1.82) is 0 Å². The number of anilines is 1. The number of thioether (sulfide) groups is 1. The van der Waals surface area contributed by atoms with E-state index in [1.807, 2.05) is 12.3 Å². The standard InChI is InChI=1S/C23H30N8O4S4/c1-16-7-9-18(10-8-16)31(3)39(34,35)20-6-4-5-19(13-20)38(32,33)30-22(26-2)27-11-12-36-14-17-15-37-23(28-17)29-21(24)25/h4-10,13,15H,11-12,14H2,1-3H3,(H2,26,27,30)(H4,24,25,28,29). The lowest BCUT2D eigenvalue weighted by Gasteiger charge is -2.20. The number of nitrogens with one attached hydrogen (secondary N) is 2. The second kappa shape index (κ2) is 13.1. The smallest absolute Gasteiger partial charge is 0.264 e. The van der Waals surface area contributed by atoms with E-state index in [-0.39, 0.29) is 21.7 Å². The van der Waals surface area contributed by atoms with Gasteiger partial charge in [-0.1, -0.05) is 23.8 Å². The molecule has 1 heterocycles. The van der Waals surface area contributed by atoms with E-state index in [0.29, 0.717) is 28.9 Å². The minimum Gasteiger partial charge on any atom is -0.370 e. The van der Waals surface area contributed by atoms with E-state index < -0.39 is 20.0 Å². The minimum absolute atomic E-state index is 0.0318. The van der Waals surface area contributed by atoms with Crippen molar-refractivity contribution in [2.45, 2.75) is 22.5 Å². The van der Waals surface area contributed by atoms with Crippen LogP contribution >= 0.6 is 23.1 Å². The Morgan fingerprint density at radius 3 is 2.46 bits per heavy atom. The Morgan fingerprint density at radius 2 is 1.79 bits per heavy atom. The van der Waals surface area contributed by atoms with Gasteiger partial charge < -0.3 is 16.8 Å². The molecule has 3 rings (SSSR count). The summed E-state index contributed by atoms with van der Waals surface area (Å²) >= 11 is 2.91. The summed E-state index contributed by atoms with van der Waals surface area (Å²) in [4.78, 5) is 11.8. The van der Waals surface area contributed by atoms with Crippen molar-refractivity contribution in [2.24, 2.45) is 21.5 Å². The highest BCUT2D eigenvalue weighted by Crippen LogP contribution is 2.24. The third-order valence-electron chi connectivity index (χ3n) is 5.18. The number of hydrogen-bond acceptors (Lipinski definition) is 9. The number of aromatic nitrogens is 1. The van der Waals surface area contributed by atoms with Gasteiger partial charge in [0.25, 0.3) is 20.0 Å². The molecule has 0 saturated carbocycles. The molecule has 0 saturated heterocycles. The molecule has 1 aromatic heterocycles. The molecular weight excluding hydrogens is 581 g/mol. The van der Waals surface area contributed by atoms with Crippen LogP contribution < -0.4 is 25.8 Å². The molecule has 0 aliphatic carbocycles. The molecule has 6 N–H and O–H groups in total. The van der Waals surface area contributed by atoms with Gasteiger partial charge in [0.2, 0.25) is 11.1 Å². The van der Waals surface area contributed by atoms with Crippen molar-refractivity contribution < 1.29 is 16.8 Å². The highest BCUT2D eigenvalue weighted by atomic mass is 32.2. The van der Waals surface area contributed by atoms with Crippen LogP contribution in [0.4, 0.5) is 10.8 Å². The molecule has 0 radical (unpaired) electrons. The molecule has 0 fully saturated rings. The average molecular weight is 611 g/mol. The number of thiazole rings is 1. The summed E-state index contributed by atoms with van der Waals surface area (Å²) in [5.74, 6) is 1.24. The molecule has 0 bridgehead atoms. The van der Waals surface area contributed by atoms with Crippen molar-refractivity contribution in [2.75, 3.05) is 30.7 Å². The van der Waals surface area contributed by atoms with Gasteiger partial charge in [0.05, 0.1) is 21.2 Å². The van der Waals surface area contributed by atoms with E-state index in [1.165, 1.54) is 43.6 Å². The zero-order valence-corrected chi connectivity index (χ0v) is 24.8. The summed E-state index contributed by atoms with van der Waals surface area (Å²) in [5, 5.41) is 5.29. The van der Waals surface area contributed by atoms with Crippen molar-refractivity contribution >= 4 is 65.9 Å². The Morgan fingerprint density at radius 1 is 1.10 bits per heavy atom. The first kappa shape index (κ1) is 30.2. The minimum atomic E-state index is -4.12. The summed E-state index contributed by atoms with van der Waals surface area (Å²) in [6.45, 7) is 2.32. The molecule has 0 aliphatic heterocycles. The first-order valence-electron chi connectivity index (χ1n) is 11.4. The second-order valence-corrected chi connectivity index (χ2v) is 13.7. The maximum absolute atomic E-state index is 13.2. The zero-order chi connectivity index (χ0) is 28.6. The number of sulfonamides is 2. The summed E-state index contributed by atoms with van der Waals surface area (Å²) in [7, 11) is -5.26. The Balaban J connectivity index is 1.60. The second-order valence-electron chi connectivity index (χ2n) is 8.10. The maximum Gasteiger partial charge on any atom is 0.264 e. The zero-order valence-electron chi connectivity index (χ0n) is 21.5. The van der Waals surface area contributed by atoms with Crippen LogP contribution in [0.1, 0.15) is 11.3 Å². The van der Waals surface area contributed by atoms with Crippen molar-refractivity contribution in [3.05, 3.63) is 65.2 Å². The monoisotopic (exact) mass is 610 g/mol. The molecule has 0 aliphatic rings. The lowest BCUT2D eigenvalue weighted by atomic mass is 10.2. The van der Waals surface area contributed by atoms with E-state index in [1.54, 1.807) is 36.0 Å². The molecule has 210 valence electrons. The number of nitrogens with two attached hydrogens (primary N) is 2. The van der Waals surface area contributed by atoms with Crippen LogP contribution in [-0.2, 0) is 25.8 Å². The summed E-state index contributed by atoms with van der Waals surface area (Å²) in [6, 6.07) is 12.1. The maximum atomic E-state index is 13.2. The van der Waals surface area contributed by atoms with Crippen LogP contribution in [0.5, 0.6) is 0 Å². The van der Waals surface area contributed by atoms with Crippen LogP contribution in [0.2, 0.25) is 0 Å². The van der Waals surface area contributed by atoms with Crippen LogP contribution in [0.25, 0.3) is 0 Å². The number of guanidine groups is 2. The Bertz CT molecular complexity index is 1550. The average Bonchev–Trinajstić information content (AvgIpc) is 3.34. The van der Waals surface area contributed by atoms with Crippen molar-refractivity contribution in [1.82, 2.24) is 15.0 Å². The van der Waals surface area contributed by atoms with Crippen molar-refractivity contribution in [3.8, 4) is 0 Å². The number of hydrogen-bond donors (Lipinski definition) is 4. The van der Waals surface area contributed by atoms with E-state index in [0.717, 1.165) is 21.6 Å². The van der Waals surface area contributed by atoms with E-state index in [2.05, 4.69) is 25.0 Å². The first-order valence-corrected chi connectivity index (χ1v) is 16.4. The van der Waals surface area contributed by atoms with Gasteiger partial charge in [0, 0.05) is 37.5 Å². The number of benzene rings is 2. The Hall–Kier alpha value is -3.34. The molecule has 39 heavy (non-hydrogen) atoms. The summed E-state index contributed by atoms with van der Waals surface area (Å²) < 4.78 is 55.9. The van der Waals surface area contributed by atoms with Crippen LogP contribution in [-0.4, -0.2) is 60.1 Å². The summed E-state index contributed by atoms with van der Waals surface area (Å²) in [6.07, 6.45) is 0. The van der Waals surface area contributed by atoms with Crippen LogP contribution in [0.15, 0.2) is 73.7 Å². The predicted octanol–water partition coefficient (Wildman–Crippen LogP) is 1.97. The van der Waals surface area contributed by atoms with Gasteiger partial charge in [-0.2, -0.15) is 16.8 Å². The topological polar surface area (TPSA) is 185 Å². The molecule has 16 heteroatoms. The molecule has 2 aromatic carbocycles. The third kappa shape index (κ3) is 8.32. The van der Waals surface area contributed by atoms with Gasteiger partial charge in [-0.3, -0.25) is 9.30 Å². The first-order chi connectivity index (χ1) is 18.4. The van der Waals surface area contributed by atoms with Gasteiger partial charge in [0.15, 0.2) is 5.96 Å². The molecule has 12 nitrogen and oxygen atoms in total. The normalized spacial score (nSPS) is 12.1. The quantitative estimate of drug-likeness (QED) is 0.143. The number of aliphatic imine (C=N–C) groups is 2. The highest BCUT2D eigenvalue weighted by molar-refractivity contribution is 7.98. The van der Waals surface area contributed by atoms with E-state index >= 15 is 0 Å². The largest absolute Gasteiger partial charge is 0.370 e. The van der Waals surface area contributed by atoms with E-state index in [4.69, 9.17) is 11.5 Å². The molecule has 0 atom stereocenters. The lowest BCUT2D eigenvalue weighted by Crippen LogP contribution is -2.41. The predicted molar refractivity (Wildman–Crippen MR) is 159 cm³/mol. The molecule has 3 aromatic rings. The Kier molecular flexibility index (Phi) is 10.2. The molecule has 0 spiro atoms. The fourth-order valence-electron chi connectivity index (χ4n) is 3.14. The fourth-order valence-corrected chi connectivity index (χ4v) is 7.09. The van der Waals surface area contributed by atoms with Crippen LogP contribution in [0.3, 0.4) is 0 Å².